The van der Waals surface area contributed by atoms with Crippen LogP contribution in [0.15, 0.2) is 41.3 Å². The number of benzene rings is 2. The summed E-state index contributed by atoms with van der Waals surface area (Å²) in [5.74, 6) is -0.229. The topological polar surface area (TPSA) is 73.2 Å². The fourth-order valence-corrected chi connectivity index (χ4v) is 4.16. The van der Waals surface area contributed by atoms with Gasteiger partial charge in [-0.15, -0.1) is 5.10 Å². The lowest BCUT2D eigenvalue weighted by Crippen LogP contribution is -2.17. The van der Waals surface area contributed by atoms with Crippen LogP contribution in [-0.2, 0) is 17.5 Å². The van der Waals surface area contributed by atoms with E-state index in [0.29, 0.717) is 23.1 Å². The van der Waals surface area contributed by atoms with Crippen molar-refractivity contribution in [2.75, 3.05) is 6.61 Å². The van der Waals surface area contributed by atoms with Crippen LogP contribution in [0.5, 0.6) is 5.88 Å². The minimum atomic E-state index is -4.57. The summed E-state index contributed by atoms with van der Waals surface area (Å²) in [5, 5.41) is 6.65. The zero-order valence-electron chi connectivity index (χ0n) is 16.5. The molecule has 2 amide bonds. The van der Waals surface area contributed by atoms with E-state index in [1.807, 2.05) is 0 Å². The standard InChI is InChI=1S/C21H15ClF3N3O3S/c1-2-31-19-14-7-11(8-17-18(29)26-20(30)32-17)3-6-16(14)28(27-19)10-12-4-5-13(22)9-15(12)21(23,24)25/h3-9H,2,10H2,1H3,(H,26,29,30)/b17-8-. The largest absolute Gasteiger partial charge is 0.476 e. The SMILES string of the molecule is CCOc1nn(Cc2ccc(Cl)cc2C(F)(F)F)c2ccc(/C=C3\SC(=O)NC3=O)cc12. The van der Waals surface area contributed by atoms with Gasteiger partial charge < -0.3 is 4.74 Å². The first kappa shape index (κ1) is 22.2. The first-order valence-corrected chi connectivity index (χ1v) is 10.6. The van der Waals surface area contributed by atoms with Crippen LogP contribution in [0, 0.1) is 0 Å². The van der Waals surface area contributed by atoms with Crippen molar-refractivity contribution in [1.29, 1.82) is 0 Å². The molecule has 0 aliphatic carbocycles. The van der Waals surface area contributed by atoms with E-state index in [2.05, 4.69) is 10.4 Å². The maximum Gasteiger partial charge on any atom is 0.416 e. The minimum Gasteiger partial charge on any atom is -0.476 e. The predicted octanol–water partition coefficient (Wildman–Crippen LogP) is 5.48. The fourth-order valence-electron chi connectivity index (χ4n) is 3.31. The highest BCUT2D eigenvalue weighted by Crippen LogP contribution is 2.35. The minimum absolute atomic E-state index is 0.00798. The normalized spacial score (nSPS) is 15.6. The molecule has 2 heterocycles. The van der Waals surface area contributed by atoms with Crippen molar-refractivity contribution in [2.45, 2.75) is 19.6 Å². The first-order valence-electron chi connectivity index (χ1n) is 9.39. The van der Waals surface area contributed by atoms with Crippen LogP contribution in [-0.4, -0.2) is 27.5 Å². The summed E-state index contributed by atoms with van der Waals surface area (Å²) in [5.41, 5.74) is 0.353. The lowest BCUT2D eigenvalue weighted by Gasteiger charge is -2.13. The van der Waals surface area contributed by atoms with Gasteiger partial charge in [0.1, 0.15) is 0 Å². The molecule has 166 valence electrons. The number of aromatic nitrogens is 2. The Morgan fingerprint density at radius 2 is 2.00 bits per heavy atom. The Hall–Kier alpha value is -2.98. The second kappa shape index (κ2) is 8.51. The number of imide groups is 1. The first-order chi connectivity index (χ1) is 15.2. The Labute approximate surface area is 189 Å². The summed E-state index contributed by atoms with van der Waals surface area (Å²) in [7, 11) is 0. The molecule has 0 spiro atoms. The second-order valence-electron chi connectivity index (χ2n) is 6.82. The van der Waals surface area contributed by atoms with E-state index in [1.54, 1.807) is 31.2 Å². The smallest absolute Gasteiger partial charge is 0.416 e. The summed E-state index contributed by atoms with van der Waals surface area (Å²) in [6.45, 7) is 1.92. The van der Waals surface area contributed by atoms with Gasteiger partial charge in [-0.05, 0) is 60.2 Å². The van der Waals surface area contributed by atoms with Gasteiger partial charge in [0.2, 0.25) is 5.88 Å². The van der Waals surface area contributed by atoms with Crippen LogP contribution < -0.4 is 10.1 Å². The zero-order valence-corrected chi connectivity index (χ0v) is 18.1. The molecule has 11 heteroatoms. The van der Waals surface area contributed by atoms with Crippen molar-refractivity contribution < 1.29 is 27.5 Å². The Kier molecular flexibility index (Phi) is 5.91. The quantitative estimate of drug-likeness (QED) is 0.488. The van der Waals surface area contributed by atoms with Gasteiger partial charge in [-0.1, -0.05) is 23.7 Å². The molecule has 0 bridgehead atoms. The van der Waals surface area contributed by atoms with E-state index in [9.17, 15) is 22.8 Å². The number of hydrogen-bond acceptors (Lipinski definition) is 5. The maximum absolute atomic E-state index is 13.5. The van der Waals surface area contributed by atoms with Crippen LogP contribution in [0.25, 0.3) is 17.0 Å². The molecule has 32 heavy (non-hydrogen) atoms. The molecule has 0 radical (unpaired) electrons. The number of alkyl halides is 3. The number of nitrogens with one attached hydrogen (secondary N) is 1. The highest BCUT2D eigenvalue weighted by Gasteiger charge is 2.34. The molecule has 2 aromatic carbocycles. The van der Waals surface area contributed by atoms with E-state index in [-0.39, 0.29) is 27.9 Å². The summed E-state index contributed by atoms with van der Waals surface area (Å²) < 4.78 is 47.5. The molecule has 1 N–H and O–H groups in total. The lowest BCUT2D eigenvalue weighted by molar-refractivity contribution is -0.138. The third-order valence-corrected chi connectivity index (χ3v) is 5.70. The highest BCUT2D eigenvalue weighted by atomic mass is 35.5. The third kappa shape index (κ3) is 4.46. The number of amides is 2. The van der Waals surface area contributed by atoms with Crippen LogP contribution >= 0.6 is 23.4 Å². The molecule has 1 saturated heterocycles. The van der Waals surface area contributed by atoms with Gasteiger partial charge in [0.25, 0.3) is 11.1 Å². The summed E-state index contributed by atoms with van der Waals surface area (Å²) in [4.78, 5) is 23.4. The van der Waals surface area contributed by atoms with Gasteiger partial charge in [0.15, 0.2) is 0 Å². The molecule has 0 atom stereocenters. The predicted molar refractivity (Wildman–Crippen MR) is 116 cm³/mol. The molecule has 0 saturated carbocycles. The number of hydrogen-bond donors (Lipinski definition) is 1. The van der Waals surface area contributed by atoms with E-state index in [1.165, 1.54) is 16.8 Å². The van der Waals surface area contributed by atoms with Gasteiger partial charge in [-0.2, -0.15) is 13.2 Å². The monoisotopic (exact) mass is 481 g/mol. The summed E-state index contributed by atoms with van der Waals surface area (Å²) in [6.07, 6.45) is -3.01. The number of fused-ring (bicyclic) bond motifs is 1. The highest BCUT2D eigenvalue weighted by molar-refractivity contribution is 8.18. The molecular formula is C21H15ClF3N3O3S. The number of nitrogens with zero attached hydrogens (tertiary/aromatic N) is 2. The van der Waals surface area contributed by atoms with Crippen molar-refractivity contribution in [3.63, 3.8) is 0 Å². The Bertz CT molecular complexity index is 1270. The van der Waals surface area contributed by atoms with E-state index < -0.39 is 22.9 Å². The van der Waals surface area contributed by atoms with Gasteiger partial charge in [-0.3, -0.25) is 19.6 Å². The number of thioether (sulfide) groups is 1. The van der Waals surface area contributed by atoms with Crippen molar-refractivity contribution in [2.24, 2.45) is 0 Å². The molecule has 4 rings (SSSR count). The molecule has 0 unspecified atom stereocenters. The summed E-state index contributed by atoms with van der Waals surface area (Å²) in [6, 6.07) is 8.69. The van der Waals surface area contributed by atoms with Gasteiger partial charge in [0, 0.05) is 5.02 Å². The van der Waals surface area contributed by atoms with Crippen molar-refractivity contribution in [1.82, 2.24) is 15.1 Å². The maximum atomic E-state index is 13.5. The van der Waals surface area contributed by atoms with Gasteiger partial charge in [-0.25, -0.2) is 0 Å². The van der Waals surface area contributed by atoms with E-state index in [0.717, 1.165) is 17.8 Å². The number of carbonyl (C=O) groups is 2. The molecular weight excluding hydrogens is 467 g/mol. The molecule has 1 aromatic heterocycles. The Morgan fingerprint density at radius 1 is 1.22 bits per heavy atom. The van der Waals surface area contributed by atoms with Crippen LogP contribution in [0.4, 0.5) is 18.0 Å². The lowest BCUT2D eigenvalue weighted by atomic mass is 10.1. The molecule has 6 nitrogen and oxygen atoms in total. The fraction of sp³-hybridized carbons (Fsp3) is 0.190. The molecule has 3 aromatic rings. The van der Waals surface area contributed by atoms with Crippen molar-refractivity contribution >= 4 is 51.5 Å². The average Bonchev–Trinajstić information content (AvgIpc) is 3.21. The number of halogens is 4. The van der Waals surface area contributed by atoms with Crippen LogP contribution in [0.3, 0.4) is 0 Å². The Morgan fingerprint density at radius 3 is 2.66 bits per heavy atom. The zero-order chi connectivity index (χ0) is 23.0. The Balaban J connectivity index is 1.77. The number of rotatable bonds is 5. The van der Waals surface area contributed by atoms with Crippen LogP contribution in [0.2, 0.25) is 5.02 Å². The van der Waals surface area contributed by atoms with Gasteiger partial charge in [0.05, 0.1) is 34.5 Å². The van der Waals surface area contributed by atoms with Crippen molar-refractivity contribution in [3.8, 4) is 5.88 Å². The molecule has 1 fully saturated rings. The molecule has 1 aliphatic rings. The van der Waals surface area contributed by atoms with Crippen molar-refractivity contribution in [3.05, 3.63) is 63.0 Å². The third-order valence-electron chi connectivity index (χ3n) is 4.66. The number of ether oxygens (including phenoxy) is 1. The summed E-state index contributed by atoms with van der Waals surface area (Å²) >= 11 is 6.57. The number of carbonyl (C=O) groups excluding carboxylic acids is 2. The average molecular weight is 482 g/mol. The van der Waals surface area contributed by atoms with E-state index >= 15 is 0 Å². The van der Waals surface area contributed by atoms with E-state index in [4.69, 9.17) is 16.3 Å². The second-order valence-corrected chi connectivity index (χ2v) is 8.28. The molecule has 1 aliphatic heterocycles. The van der Waals surface area contributed by atoms with Crippen LogP contribution in [0.1, 0.15) is 23.6 Å². The van der Waals surface area contributed by atoms with Gasteiger partial charge >= 0.3 is 6.18 Å².